The molecule has 3 rings (SSSR count). The number of hydrogen-bond donors (Lipinski definition) is 0. The molecule has 0 aliphatic carbocycles. The van der Waals surface area contributed by atoms with Gasteiger partial charge in [-0.3, -0.25) is 9.59 Å². The van der Waals surface area contributed by atoms with Crippen molar-refractivity contribution in [3.8, 4) is 0 Å². The van der Waals surface area contributed by atoms with E-state index in [0.29, 0.717) is 11.3 Å². The fourth-order valence-corrected chi connectivity index (χ4v) is 5.79. The number of aromatic nitrogens is 1. The first-order valence-corrected chi connectivity index (χ1v) is 13.3. The van der Waals surface area contributed by atoms with E-state index >= 15 is 0 Å². The van der Waals surface area contributed by atoms with Crippen LogP contribution in [0, 0.1) is 6.92 Å². The SMILES string of the molecule is CCCCN(C)S(=O)(=O)c1ccc(C(=O)N=c2sc3cccc(C)c3n2CC(=O)OCC)cc1. The number of para-hydroxylation sites is 1. The predicted octanol–water partition coefficient (Wildman–Crippen LogP) is 3.74. The van der Waals surface area contributed by atoms with Crippen molar-refractivity contribution >= 4 is 43.5 Å². The number of benzene rings is 2. The third-order valence-electron chi connectivity index (χ3n) is 5.33. The first-order valence-electron chi connectivity index (χ1n) is 11.1. The highest BCUT2D eigenvalue weighted by molar-refractivity contribution is 7.89. The highest BCUT2D eigenvalue weighted by Crippen LogP contribution is 2.21. The van der Waals surface area contributed by atoms with E-state index in [4.69, 9.17) is 4.74 Å². The molecule has 0 N–H and O–H groups in total. The molecular formula is C24H29N3O5S2. The van der Waals surface area contributed by atoms with E-state index in [9.17, 15) is 18.0 Å². The molecule has 0 fully saturated rings. The van der Waals surface area contributed by atoms with Gasteiger partial charge in [0.05, 0.1) is 21.7 Å². The van der Waals surface area contributed by atoms with Gasteiger partial charge >= 0.3 is 5.97 Å². The molecule has 0 aliphatic heterocycles. The zero-order valence-electron chi connectivity index (χ0n) is 19.8. The average molecular weight is 504 g/mol. The summed E-state index contributed by atoms with van der Waals surface area (Å²) in [4.78, 5) is 29.9. The first-order chi connectivity index (χ1) is 16.2. The van der Waals surface area contributed by atoms with E-state index < -0.39 is 21.9 Å². The number of esters is 1. The van der Waals surface area contributed by atoms with Crippen molar-refractivity contribution in [2.75, 3.05) is 20.2 Å². The summed E-state index contributed by atoms with van der Waals surface area (Å²) in [6.07, 6.45) is 1.66. The van der Waals surface area contributed by atoms with Gasteiger partial charge in [0.2, 0.25) is 10.0 Å². The maximum absolute atomic E-state index is 12.9. The van der Waals surface area contributed by atoms with Gasteiger partial charge in [0.25, 0.3) is 5.91 Å². The van der Waals surface area contributed by atoms with Gasteiger partial charge in [-0.1, -0.05) is 36.8 Å². The summed E-state index contributed by atoms with van der Waals surface area (Å²) in [5, 5.41) is 0. The minimum atomic E-state index is -3.62. The number of nitrogens with zero attached hydrogens (tertiary/aromatic N) is 3. The summed E-state index contributed by atoms with van der Waals surface area (Å²) < 4.78 is 34.4. The number of ether oxygens (including phenoxy) is 1. The molecule has 0 spiro atoms. The summed E-state index contributed by atoms with van der Waals surface area (Å²) in [6, 6.07) is 11.5. The molecule has 0 saturated heterocycles. The smallest absolute Gasteiger partial charge is 0.326 e. The number of carbonyl (C=O) groups excluding carboxylic acids is 2. The van der Waals surface area contributed by atoms with Gasteiger partial charge in [-0.05, 0) is 56.2 Å². The largest absolute Gasteiger partial charge is 0.465 e. The van der Waals surface area contributed by atoms with Gasteiger partial charge in [0, 0.05) is 19.2 Å². The Morgan fingerprint density at radius 3 is 2.47 bits per heavy atom. The summed E-state index contributed by atoms with van der Waals surface area (Å²) in [5.74, 6) is -0.939. The number of unbranched alkanes of at least 4 members (excludes halogenated alkanes) is 1. The van der Waals surface area contributed by atoms with Crippen molar-refractivity contribution in [3.63, 3.8) is 0 Å². The van der Waals surface area contributed by atoms with Gasteiger partial charge in [-0.2, -0.15) is 4.99 Å². The van der Waals surface area contributed by atoms with Crippen LogP contribution in [-0.2, 0) is 26.1 Å². The Hall–Kier alpha value is -2.82. The normalized spacial score (nSPS) is 12.4. The molecule has 1 heterocycles. The average Bonchev–Trinajstić information content (AvgIpc) is 3.15. The lowest BCUT2D eigenvalue weighted by molar-refractivity contribution is -0.143. The third kappa shape index (κ3) is 5.63. The van der Waals surface area contributed by atoms with E-state index in [1.807, 2.05) is 32.0 Å². The van der Waals surface area contributed by atoms with Gasteiger partial charge in [0.15, 0.2) is 4.80 Å². The Kier molecular flexibility index (Phi) is 8.40. The summed E-state index contributed by atoms with van der Waals surface area (Å²) in [6.45, 7) is 6.29. The maximum atomic E-state index is 12.9. The molecule has 2 aromatic carbocycles. The summed E-state index contributed by atoms with van der Waals surface area (Å²) in [7, 11) is -2.08. The van der Waals surface area contributed by atoms with Crippen LogP contribution in [0.3, 0.4) is 0 Å². The Labute approximate surface area is 203 Å². The summed E-state index contributed by atoms with van der Waals surface area (Å²) >= 11 is 1.31. The van der Waals surface area contributed by atoms with Crippen LogP contribution < -0.4 is 4.80 Å². The zero-order valence-corrected chi connectivity index (χ0v) is 21.4. The van der Waals surface area contributed by atoms with E-state index in [0.717, 1.165) is 28.6 Å². The quantitative estimate of drug-likeness (QED) is 0.415. The second kappa shape index (κ2) is 11.1. The highest BCUT2D eigenvalue weighted by atomic mass is 32.2. The van der Waals surface area contributed by atoms with Crippen molar-refractivity contribution in [2.45, 2.75) is 45.1 Å². The number of hydrogen-bond acceptors (Lipinski definition) is 6. The highest BCUT2D eigenvalue weighted by Gasteiger charge is 2.21. The fraction of sp³-hybridized carbons (Fsp3) is 0.375. The maximum Gasteiger partial charge on any atom is 0.326 e. The van der Waals surface area contributed by atoms with Crippen LogP contribution in [0.2, 0.25) is 0 Å². The van der Waals surface area contributed by atoms with E-state index in [1.54, 1.807) is 18.5 Å². The zero-order chi connectivity index (χ0) is 24.9. The molecule has 10 heteroatoms. The third-order valence-corrected chi connectivity index (χ3v) is 8.24. The van der Waals surface area contributed by atoms with Crippen LogP contribution in [-0.4, -0.2) is 49.4 Å². The molecule has 3 aromatic rings. The topological polar surface area (TPSA) is 98.0 Å². The summed E-state index contributed by atoms with van der Waals surface area (Å²) in [5.41, 5.74) is 2.03. The van der Waals surface area contributed by atoms with Crippen LogP contribution in [0.1, 0.15) is 42.6 Å². The van der Waals surface area contributed by atoms with Crippen LogP contribution in [0.5, 0.6) is 0 Å². The minimum absolute atomic E-state index is 0.0634. The molecule has 34 heavy (non-hydrogen) atoms. The first kappa shape index (κ1) is 25.8. The number of rotatable bonds is 9. The number of carbonyl (C=O) groups is 2. The van der Waals surface area contributed by atoms with E-state index in [1.165, 1.54) is 39.9 Å². The Morgan fingerprint density at radius 1 is 1.12 bits per heavy atom. The van der Waals surface area contributed by atoms with Crippen molar-refractivity contribution in [1.29, 1.82) is 0 Å². The van der Waals surface area contributed by atoms with Crippen LogP contribution >= 0.6 is 11.3 Å². The van der Waals surface area contributed by atoms with Gasteiger partial charge in [0.1, 0.15) is 6.54 Å². The predicted molar refractivity (Wildman–Crippen MR) is 132 cm³/mol. The number of aryl methyl sites for hydroxylation is 1. The molecular weight excluding hydrogens is 474 g/mol. The van der Waals surface area contributed by atoms with Gasteiger partial charge < -0.3 is 9.30 Å². The van der Waals surface area contributed by atoms with Crippen molar-refractivity contribution in [3.05, 3.63) is 58.4 Å². The standard InChI is InChI=1S/C24H29N3O5S2/c1-5-7-15-26(4)34(30,31)19-13-11-18(12-14-19)23(29)25-24-27(16-21(28)32-6-2)22-17(3)9-8-10-20(22)33-24/h8-14H,5-7,15-16H2,1-4H3. The lowest BCUT2D eigenvalue weighted by Crippen LogP contribution is -2.27. The van der Waals surface area contributed by atoms with Crippen LogP contribution in [0.4, 0.5) is 0 Å². The van der Waals surface area contributed by atoms with E-state index in [-0.39, 0.29) is 23.6 Å². The van der Waals surface area contributed by atoms with Gasteiger partial charge in [-0.25, -0.2) is 12.7 Å². The Balaban J connectivity index is 1.96. The molecule has 0 bridgehead atoms. The molecule has 8 nitrogen and oxygen atoms in total. The van der Waals surface area contributed by atoms with Crippen molar-refractivity contribution in [2.24, 2.45) is 4.99 Å². The molecule has 0 saturated carbocycles. The van der Waals surface area contributed by atoms with Gasteiger partial charge in [-0.15, -0.1) is 0 Å². The molecule has 1 amide bonds. The fourth-order valence-electron chi connectivity index (χ4n) is 3.48. The lowest BCUT2D eigenvalue weighted by atomic mass is 10.2. The lowest BCUT2D eigenvalue weighted by Gasteiger charge is -2.16. The molecule has 0 atom stereocenters. The molecule has 1 aromatic heterocycles. The van der Waals surface area contributed by atoms with Crippen LogP contribution in [0.15, 0.2) is 52.4 Å². The second-order valence-corrected chi connectivity index (χ2v) is 10.9. The Bertz CT molecular complexity index is 1360. The molecule has 182 valence electrons. The van der Waals surface area contributed by atoms with Crippen molar-refractivity contribution < 1.29 is 22.7 Å². The van der Waals surface area contributed by atoms with Crippen molar-refractivity contribution in [1.82, 2.24) is 8.87 Å². The Morgan fingerprint density at radius 2 is 1.82 bits per heavy atom. The monoisotopic (exact) mass is 503 g/mol. The van der Waals surface area contributed by atoms with Crippen LogP contribution in [0.25, 0.3) is 10.2 Å². The number of amides is 1. The van der Waals surface area contributed by atoms with E-state index in [2.05, 4.69) is 4.99 Å². The second-order valence-electron chi connectivity index (χ2n) is 7.82. The number of fused-ring (bicyclic) bond motifs is 1. The minimum Gasteiger partial charge on any atom is -0.465 e. The molecule has 0 radical (unpaired) electrons. The number of thiazole rings is 1. The number of sulfonamides is 1. The molecule has 0 aliphatic rings. The molecule has 0 unspecified atom stereocenters.